The second-order valence-corrected chi connectivity index (χ2v) is 5.72. The molecule has 0 radical (unpaired) electrons. The molecule has 0 aliphatic heterocycles. The van der Waals surface area contributed by atoms with Crippen LogP contribution in [0.2, 0.25) is 5.02 Å². The van der Waals surface area contributed by atoms with Crippen molar-refractivity contribution in [3.8, 4) is 0 Å². The summed E-state index contributed by atoms with van der Waals surface area (Å²) in [5.74, 6) is 0.229. The topological polar surface area (TPSA) is 56.2 Å². The number of hydrogen-bond donors (Lipinski definition) is 1. The number of Topliss-reactive ketones (excluding diaryl/α,β-unsaturated/α-hetero) is 1. The number of rotatable bonds is 2. The van der Waals surface area contributed by atoms with Crippen molar-refractivity contribution in [1.82, 2.24) is 0 Å². The molecule has 2 N–H and O–H groups in total. The molecule has 3 nitrogen and oxygen atoms in total. The standard InChI is InChI=1S/C15H16ClNO2/c16-11-6-4-5-10-9-12(19-13(10)11)14(18)15(17)7-2-1-3-8-15/h4-6,9H,1-3,7-8,17H2. The van der Waals surface area contributed by atoms with Crippen molar-refractivity contribution < 1.29 is 9.21 Å². The lowest BCUT2D eigenvalue weighted by atomic mass is 9.79. The fraction of sp³-hybridized carbons (Fsp3) is 0.400. The summed E-state index contributed by atoms with van der Waals surface area (Å²) < 4.78 is 5.62. The largest absolute Gasteiger partial charge is 0.451 e. The Morgan fingerprint density at radius 3 is 2.68 bits per heavy atom. The van der Waals surface area contributed by atoms with Crippen LogP contribution in [0.4, 0.5) is 0 Å². The van der Waals surface area contributed by atoms with Gasteiger partial charge in [0.15, 0.2) is 11.3 Å². The number of nitrogens with two attached hydrogens (primary N) is 1. The highest BCUT2D eigenvalue weighted by atomic mass is 35.5. The molecule has 0 saturated heterocycles. The molecule has 19 heavy (non-hydrogen) atoms. The van der Waals surface area contributed by atoms with Crippen molar-refractivity contribution in [2.24, 2.45) is 5.73 Å². The minimum absolute atomic E-state index is 0.0977. The van der Waals surface area contributed by atoms with Gasteiger partial charge in [-0.2, -0.15) is 0 Å². The quantitative estimate of drug-likeness (QED) is 0.846. The molecule has 2 aromatic rings. The van der Waals surface area contributed by atoms with E-state index in [4.69, 9.17) is 21.8 Å². The van der Waals surface area contributed by atoms with Crippen LogP contribution in [0.15, 0.2) is 28.7 Å². The lowest BCUT2D eigenvalue weighted by Gasteiger charge is -2.30. The van der Waals surface area contributed by atoms with Gasteiger partial charge in [-0.25, -0.2) is 0 Å². The zero-order chi connectivity index (χ0) is 13.5. The molecule has 100 valence electrons. The van der Waals surface area contributed by atoms with E-state index in [0.717, 1.165) is 37.5 Å². The number of halogens is 1. The van der Waals surface area contributed by atoms with Gasteiger partial charge < -0.3 is 10.2 Å². The molecule has 1 aliphatic rings. The molecule has 1 aromatic carbocycles. The molecular weight excluding hydrogens is 262 g/mol. The molecule has 0 unspecified atom stereocenters. The third-order valence-corrected chi connectivity index (χ3v) is 4.22. The molecule has 0 spiro atoms. The third kappa shape index (κ3) is 2.17. The Balaban J connectivity index is 1.99. The molecule has 1 aromatic heterocycles. The summed E-state index contributed by atoms with van der Waals surface area (Å²) in [4.78, 5) is 12.5. The number of benzene rings is 1. The highest BCUT2D eigenvalue weighted by Crippen LogP contribution is 2.32. The minimum atomic E-state index is -0.765. The van der Waals surface area contributed by atoms with Crippen LogP contribution in [0.25, 0.3) is 11.0 Å². The van der Waals surface area contributed by atoms with Crippen LogP contribution in [-0.4, -0.2) is 11.3 Å². The highest BCUT2D eigenvalue weighted by molar-refractivity contribution is 6.34. The van der Waals surface area contributed by atoms with E-state index in [2.05, 4.69) is 0 Å². The Kier molecular flexibility index (Phi) is 3.11. The van der Waals surface area contributed by atoms with Gasteiger partial charge in [-0.05, 0) is 25.0 Å². The van der Waals surface area contributed by atoms with E-state index in [1.54, 1.807) is 12.1 Å². The van der Waals surface area contributed by atoms with E-state index in [9.17, 15) is 4.79 Å². The fourth-order valence-corrected chi connectivity index (χ4v) is 3.01. The molecule has 0 atom stereocenters. The van der Waals surface area contributed by atoms with Gasteiger partial charge in [0.1, 0.15) is 0 Å². The molecule has 0 amide bonds. The smallest absolute Gasteiger partial charge is 0.217 e. The first kappa shape index (κ1) is 12.7. The Bertz CT molecular complexity index is 626. The number of furan rings is 1. The SMILES string of the molecule is NC1(C(=O)c2cc3cccc(Cl)c3o2)CCCCC1. The van der Waals surface area contributed by atoms with Gasteiger partial charge in [0.05, 0.1) is 10.6 Å². The van der Waals surface area contributed by atoms with Gasteiger partial charge in [-0.15, -0.1) is 0 Å². The van der Waals surface area contributed by atoms with Gasteiger partial charge in [0.25, 0.3) is 0 Å². The van der Waals surface area contributed by atoms with Gasteiger partial charge in [0, 0.05) is 5.39 Å². The second-order valence-electron chi connectivity index (χ2n) is 5.31. The van der Waals surface area contributed by atoms with Crippen molar-refractivity contribution >= 4 is 28.4 Å². The van der Waals surface area contributed by atoms with Crippen LogP contribution >= 0.6 is 11.6 Å². The normalized spacial score (nSPS) is 18.6. The number of ketones is 1. The maximum absolute atomic E-state index is 12.5. The minimum Gasteiger partial charge on any atom is -0.451 e. The number of carbonyl (C=O) groups is 1. The number of para-hydroxylation sites is 1. The average molecular weight is 278 g/mol. The number of carbonyl (C=O) groups excluding carboxylic acids is 1. The van der Waals surface area contributed by atoms with E-state index < -0.39 is 5.54 Å². The molecule has 1 aliphatic carbocycles. The zero-order valence-corrected chi connectivity index (χ0v) is 11.4. The predicted molar refractivity (Wildman–Crippen MR) is 75.6 cm³/mol. The Hall–Kier alpha value is -1.32. The van der Waals surface area contributed by atoms with Crippen molar-refractivity contribution in [2.75, 3.05) is 0 Å². The van der Waals surface area contributed by atoms with Gasteiger partial charge in [-0.3, -0.25) is 4.79 Å². The van der Waals surface area contributed by atoms with Crippen molar-refractivity contribution in [1.29, 1.82) is 0 Å². The molecular formula is C15H16ClNO2. The van der Waals surface area contributed by atoms with Crippen molar-refractivity contribution in [3.05, 3.63) is 35.0 Å². The maximum Gasteiger partial charge on any atom is 0.217 e. The lowest BCUT2D eigenvalue weighted by Crippen LogP contribution is -2.49. The van der Waals surface area contributed by atoms with Crippen LogP contribution in [0.1, 0.15) is 42.7 Å². The first-order valence-corrected chi connectivity index (χ1v) is 7.00. The fourth-order valence-electron chi connectivity index (χ4n) is 2.79. The molecule has 1 saturated carbocycles. The Morgan fingerprint density at radius 1 is 1.26 bits per heavy atom. The number of fused-ring (bicyclic) bond motifs is 1. The van der Waals surface area contributed by atoms with Crippen LogP contribution in [0.3, 0.4) is 0 Å². The van der Waals surface area contributed by atoms with E-state index in [1.165, 1.54) is 0 Å². The van der Waals surface area contributed by atoms with Crippen LogP contribution < -0.4 is 5.73 Å². The zero-order valence-electron chi connectivity index (χ0n) is 10.6. The predicted octanol–water partition coefficient (Wildman–Crippen LogP) is 3.93. The average Bonchev–Trinajstić information content (AvgIpc) is 2.84. The molecule has 4 heteroatoms. The van der Waals surface area contributed by atoms with E-state index >= 15 is 0 Å². The van der Waals surface area contributed by atoms with E-state index in [0.29, 0.717) is 16.4 Å². The third-order valence-electron chi connectivity index (χ3n) is 3.92. The number of hydrogen-bond acceptors (Lipinski definition) is 3. The van der Waals surface area contributed by atoms with Crippen LogP contribution in [0.5, 0.6) is 0 Å². The second kappa shape index (κ2) is 4.66. The van der Waals surface area contributed by atoms with Crippen LogP contribution in [-0.2, 0) is 0 Å². The molecule has 0 bridgehead atoms. The summed E-state index contributed by atoms with van der Waals surface area (Å²) >= 11 is 6.06. The van der Waals surface area contributed by atoms with Crippen molar-refractivity contribution in [3.63, 3.8) is 0 Å². The van der Waals surface area contributed by atoms with E-state index in [1.807, 2.05) is 12.1 Å². The van der Waals surface area contributed by atoms with Gasteiger partial charge in [0.2, 0.25) is 5.78 Å². The Labute approximate surface area is 116 Å². The highest BCUT2D eigenvalue weighted by Gasteiger charge is 2.37. The van der Waals surface area contributed by atoms with Gasteiger partial charge >= 0.3 is 0 Å². The van der Waals surface area contributed by atoms with Crippen LogP contribution in [0, 0.1) is 0 Å². The van der Waals surface area contributed by atoms with Crippen molar-refractivity contribution in [2.45, 2.75) is 37.6 Å². The summed E-state index contributed by atoms with van der Waals surface area (Å²) in [5, 5.41) is 1.36. The molecule has 3 rings (SSSR count). The first-order chi connectivity index (χ1) is 9.10. The summed E-state index contributed by atoms with van der Waals surface area (Å²) in [6.45, 7) is 0. The summed E-state index contributed by atoms with van der Waals surface area (Å²) in [7, 11) is 0. The van der Waals surface area contributed by atoms with Gasteiger partial charge in [-0.1, -0.05) is 43.0 Å². The van der Waals surface area contributed by atoms with E-state index in [-0.39, 0.29) is 5.78 Å². The summed E-state index contributed by atoms with van der Waals surface area (Å²) in [6.07, 6.45) is 4.62. The summed E-state index contributed by atoms with van der Waals surface area (Å²) in [5.41, 5.74) is 6.05. The first-order valence-electron chi connectivity index (χ1n) is 6.62. The molecule has 1 heterocycles. The molecule has 1 fully saturated rings. The summed E-state index contributed by atoms with van der Waals surface area (Å²) in [6, 6.07) is 7.21. The maximum atomic E-state index is 12.5. The monoisotopic (exact) mass is 277 g/mol. The Morgan fingerprint density at radius 2 is 2.00 bits per heavy atom. The lowest BCUT2D eigenvalue weighted by molar-refractivity contribution is 0.0820.